The Hall–Kier alpha value is -2.73. The molecule has 3 amide bonds. The number of nitrogens with one attached hydrogen (secondary N) is 1. The van der Waals surface area contributed by atoms with Gasteiger partial charge in [-0.15, -0.1) is 0 Å². The van der Waals surface area contributed by atoms with Gasteiger partial charge in [-0.1, -0.05) is 48.0 Å². The first-order valence-electron chi connectivity index (χ1n) is 9.84. The quantitative estimate of drug-likeness (QED) is 0.789. The first-order valence-corrected chi connectivity index (χ1v) is 10.2. The fraction of sp³-hybridized carbons (Fsp3) is 0.364. The minimum absolute atomic E-state index is 0.0711. The predicted molar refractivity (Wildman–Crippen MR) is 116 cm³/mol. The summed E-state index contributed by atoms with van der Waals surface area (Å²) in [6, 6.07) is 17.4. The Balaban J connectivity index is 1.37. The highest BCUT2D eigenvalue weighted by Crippen LogP contribution is 2.20. The molecule has 2 aromatic rings. The van der Waals surface area contributed by atoms with Gasteiger partial charge >= 0.3 is 6.03 Å². The lowest BCUT2D eigenvalue weighted by Crippen LogP contribution is -2.49. The van der Waals surface area contributed by atoms with E-state index in [1.807, 2.05) is 59.5 Å². The Morgan fingerprint density at radius 3 is 2.45 bits per heavy atom. The molecule has 0 unspecified atom stereocenters. The van der Waals surface area contributed by atoms with Crippen molar-refractivity contribution in [1.82, 2.24) is 15.1 Å². The van der Waals surface area contributed by atoms with Gasteiger partial charge in [0.25, 0.3) is 0 Å². The molecule has 0 aromatic heterocycles. The van der Waals surface area contributed by atoms with E-state index in [2.05, 4.69) is 10.2 Å². The lowest BCUT2D eigenvalue weighted by molar-refractivity contribution is -0.131. The number of amides is 3. The van der Waals surface area contributed by atoms with Crippen LogP contribution < -0.4 is 10.2 Å². The molecular formula is C22H27ClN4O2. The van der Waals surface area contributed by atoms with Crippen molar-refractivity contribution in [3.8, 4) is 0 Å². The maximum absolute atomic E-state index is 12.5. The fourth-order valence-corrected chi connectivity index (χ4v) is 3.57. The minimum Gasteiger partial charge on any atom is -0.368 e. The number of hydrogen-bond acceptors (Lipinski definition) is 3. The number of carbonyl (C=O) groups is 2. The molecule has 0 atom stereocenters. The lowest BCUT2D eigenvalue weighted by Gasteiger charge is -2.36. The molecule has 0 aliphatic carbocycles. The number of benzene rings is 2. The highest BCUT2D eigenvalue weighted by atomic mass is 35.5. The molecule has 1 heterocycles. The monoisotopic (exact) mass is 414 g/mol. The van der Waals surface area contributed by atoms with E-state index < -0.39 is 0 Å². The van der Waals surface area contributed by atoms with Crippen LogP contribution in [0.25, 0.3) is 0 Å². The van der Waals surface area contributed by atoms with E-state index >= 15 is 0 Å². The molecule has 0 spiro atoms. The van der Waals surface area contributed by atoms with E-state index in [0.717, 1.165) is 24.3 Å². The third kappa shape index (κ3) is 6.12. The zero-order chi connectivity index (χ0) is 20.6. The molecule has 7 heteroatoms. The number of hydrogen-bond donors (Lipinski definition) is 1. The number of nitrogens with zero attached hydrogens (tertiary/aromatic N) is 3. The lowest BCUT2D eigenvalue weighted by atomic mass is 10.2. The topological polar surface area (TPSA) is 55.9 Å². The minimum atomic E-state index is -0.174. The maximum Gasteiger partial charge on any atom is 0.317 e. The number of carbonyl (C=O) groups excluding carboxylic acids is 2. The molecule has 0 bridgehead atoms. The standard InChI is InChI=1S/C22H27ClN4O2/c1-25(17-18-6-3-2-4-7-18)22(29)24-11-10-21(28)27-14-12-26(13-15-27)20-9-5-8-19(23)16-20/h2-9,16H,10-15,17H2,1H3,(H,24,29). The second-order valence-electron chi connectivity index (χ2n) is 7.17. The van der Waals surface area contributed by atoms with E-state index in [1.165, 1.54) is 0 Å². The second-order valence-corrected chi connectivity index (χ2v) is 7.61. The summed E-state index contributed by atoms with van der Waals surface area (Å²) in [5, 5.41) is 3.54. The van der Waals surface area contributed by atoms with Crippen LogP contribution in [0.4, 0.5) is 10.5 Å². The summed E-state index contributed by atoms with van der Waals surface area (Å²) in [6.07, 6.45) is 0.308. The van der Waals surface area contributed by atoms with Crippen LogP contribution in [0.3, 0.4) is 0 Å². The van der Waals surface area contributed by atoms with E-state index in [9.17, 15) is 9.59 Å². The van der Waals surface area contributed by atoms with Gasteiger partial charge in [-0.05, 0) is 23.8 Å². The Morgan fingerprint density at radius 1 is 1.03 bits per heavy atom. The molecule has 2 aromatic carbocycles. The summed E-state index contributed by atoms with van der Waals surface area (Å²) < 4.78 is 0. The van der Waals surface area contributed by atoms with Gasteiger partial charge in [0.1, 0.15) is 0 Å². The molecule has 1 saturated heterocycles. The number of anilines is 1. The van der Waals surface area contributed by atoms with Gasteiger partial charge in [-0.2, -0.15) is 0 Å². The zero-order valence-electron chi connectivity index (χ0n) is 16.7. The third-order valence-corrected chi connectivity index (χ3v) is 5.27. The van der Waals surface area contributed by atoms with Crippen molar-refractivity contribution in [1.29, 1.82) is 0 Å². The molecule has 29 heavy (non-hydrogen) atoms. The molecule has 1 aliphatic rings. The summed E-state index contributed by atoms with van der Waals surface area (Å²) in [6.45, 7) is 3.77. The molecule has 154 valence electrons. The highest BCUT2D eigenvalue weighted by Gasteiger charge is 2.21. The first-order chi connectivity index (χ1) is 14.0. The van der Waals surface area contributed by atoms with Crippen LogP contribution >= 0.6 is 11.6 Å². The van der Waals surface area contributed by atoms with Crippen LogP contribution in [-0.4, -0.2) is 61.5 Å². The predicted octanol–water partition coefficient (Wildman–Crippen LogP) is 3.22. The molecule has 1 N–H and O–H groups in total. The van der Waals surface area contributed by atoms with Crippen molar-refractivity contribution >= 4 is 29.2 Å². The number of halogens is 1. The first kappa shape index (κ1) is 21.0. The highest BCUT2D eigenvalue weighted by molar-refractivity contribution is 6.30. The average Bonchev–Trinajstić information content (AvgIpc) is 2.74. The Bertz CT molecular complexity index is 823. The van der Waals surface area contributed by atoms with Gasteiger partial charge < -0.3 is 20.0 Å². The number of rotatable bonds is 6. The van der Waals surface area contributed by atoms with E-state index in [4.69, 9.17) is 11.6 Å². The Kier molecular flexibility index (Phi) is 7.36. The molecule has 1 aliphatic heterocycles. The normalized spacial score (nSPS) is 13.9. The van der Waals surface area contributed by atoms with Crippen molar-refractivity contribution in [3.05, 3.63) is 65.2 Å². The summed E-state index contributed by atoms with van der Waals surface area (Å²) in [4.78, 5) is 30.4. The van der Waals surface area contributed by atoms with Gasteiger partial charge in [-0.25, -0.2) is 4.79 Å². The van der Waals surface area contributed by atoms with Crippen LogP contribution in [0, 0.1) is 0 Å². The van der Waals surface area contributed by atoms with Gasteiger partial charge in [0.15, 0.2) is 0 Å². The molecular weight excluding hydrogens is 388 g/mol. The van der Waals surface area contributed by atoms with Crippen LogP contribution in [0.2, 0.25) is 5.02 Å². The van der Waals surface area contributed by atoms with E-state index in [-0.39, 0.29) is 11.9 Å². The zero-order valence-corrected chi connectivity index (χ0v) is 17.4. The molecule has 1 fully saturated rings. The molecule has 6 nitrogen and oxygen atoms in total. The van der Waals surface area contributed by atoms with Gasteiger partial charge in [0, 0.05) is 63.4 Å². The maximum atomic E-state index is 12.5. The van der Waals surface area contributed by atoms with Crippen LogP contribution in [-0.2, 0) is 11.3 Å². The van der Waals surface area contributed by atoms with Crippen molar-refractivity contribution < 1.29 is 9.59 Å². The molecule has 0 saturated carbocycles. The van der Waals surface area contributed by atoms with Gasteiger partial charge in [-0.3, -0.25) is 4.79 Å². The van der Waals surface area contributed by atoms with Crippen molar-refractivity contribution in [3.63, 3.8) is 0 Å². The van der Waals surface area contributed by atoms with Crippen molar-refractivity contribution in [2.24, 2.45) is 0 Å². The van der Waals surface area contributed by atoms with Crippen LogP contribution in [0.15, 0.2) is 54.6 Å². The van der Waals surface area contributed by atoms with Crippen LogP contribution in [0.5, 0.6) is 0 Å². The Labute approximate surface area is 177 Å². The summed E-state index contributed by atoms with van der Waals surface area (Å²) >= 11 is 6.06. The summed E-state index contributed by atoms with van der Waals surface area (Å²) in [5.74, 6) is 0.0711. The second kappa shape index (κ2) is 10.2. The van der Waals surface area contributed by atoms with Crippen LogP contribution in [0.1, 0.15) is 12.0 Å². The number of urea groups is 1. The summed E-state index contributed by atoms with van der Waals surface area (Å²) in [7, 11) is 1.75. The van der Waals surface area contributed by atoms with Gasteiger partial charge in [0.05, 0.1) is 0 Å². The largest absolute Gasteiger partial charge is 0.368 e. The van der Waals surface area contributed by atoms with E-state index in [0.29, 0.717) is 37.6 Å². The molecule has 0 radical (unpaired) electrons. The molecule has 3 rings (SSSR count). The summed E-state index contributed by atoms with van der Waals surface area (Å²) in [5.41, 5.74) is 2.15. The third-order valence-electron chi connectivity index (χ3n) is 5.03. The number of piperazine rings is 1. The fourth-order valence-electron chi connectivity index (χ4n) is 3.39. The van der Waals surface area contributed by atoms with E-state index in [1.54, 1.807) is 11.9 Å². The SMILES string of the molecule is CN(Cc1ccccc1)C(=O)NCCC(=O)N1CCN(c2cccc(Cl)c2)CC1. The average molecular weight is 415 g/mol. The van der Waals surface area contributed by atoms with Gasteiger partial charge in [0.2, 0.25) is 5.91 Å². The van der Waals surface area contributed by atoms with Crippen molar-refractivity contribution in [2.75, 3.05) is 44.7 Å². The Morgan fingerprint density at radius 2 is 1.76 bits per heavy atom. The van der Waals surface area contributed by atoms with Crippen molar-refractivity contribution in [2.45, 2.75) is 13.0 Å². The smallest absolute Gasteiger partial charge is 0.317 e.